The molecule has 0 aliphatic carbocycles. The summed E-state index contributed by atoms with van der Waals surface area (Å²) in [7, 11) is 0. The van der Waals surface area contributed by atoms with Crippen LogP contribution < -0.4 is 4.74 Å². The molecule has 0 saturated carbocycles. The molecule has 0 radical (unpaired) electrons. The van der Waals surface area contributed by atoms with Crippen LogP contribution in [0.2, 0.25) is 0 Å². The smallest absolute Gasteiger partial charge is 0.456 e. The van der Waals surface area contributed by atoms with Crippen molar-refractivity contribution in [3.8, 4) is 5.75 Å². The summed E-state index contributed by atoms with van der Waals surface area (Å²) in [6, 6.07) is 4.76. The van der Waals surface area contributed by atoms with Crippen LogP contribution in [0, 0.1) is 0 Å². The maximum Gasteiger partial charge on any atom is 0.456 e. The first-order valence-corrected chi connectivity index (χ1v) is 4.39. The molecular weight excluding hydrogens is 247 g/mol. The number of aldehydes is 1. The maximum atomic E-state index is 12.5. The van der Waals surface area contributed by atoms with E-state index in [4.69, 9.17) is 0 Å². The maximum absolute atomic E-state index is 12.5. The quantitative estimate of drug-likeness (QED) is 0.609. The van der Waals surface area contributed by atoms with Crippen LogP contribution in [-0.4, -0.2) is 25.0 Å². The summed E-state index contributed by atoms with van der Waals surface area (Å²) in [6.45, 7) is -1.79. The molecule has 0 fully saturated rings. The van der Waals surface area contributed by atoms with Crippen molar-refractivity contribution >= 4 is 6.29 Å². The Morgan fingerprint density at radius 2 is 1.59 bits per heavy atom. The van der Waals surface area contributed by atoms with E-state index in [1.165, 1.54) is 12.1 Å². The van der Waals surface area contributed by atoms with E-state index in [1.807, 2.05) is 0 Å². The van der Waals surface area contributed by atoms with Crippen LogP contribution in [-0.2, 0) is 0 Å². The molecule has 1 aromatic carbocycles. The standard InChI is InChI=1S/C10H7F5O2/c11-9(12,10(13,14)15)6-17-8-3-1-7(5-16)2-4-8/h1-5H,6H2. The number of ether oxygens (including phenoxy) is 1. The number of alkyl halides is 5. The fourth-order valence-corrected chi connectivity index (χ4v) is 0.898. The Morgan fingerprint density at radius 3 is 2.00 bits per heavy atom. The van der Waals surface area contributed by atoms with E-state index < -0.39 is 18.7 Å². The Labute approximate surface area is 93.0 Å². The Balaban J connectivity index is 2.64. The summed E-state index contributed by atoms with van der Waals surface area (Å²) in [5, 5.41) is 0. The number of hydrogen-bond donors (Lipinski definition) is 0. The Morgan fingerprint density at radius 1 is 1.06 bits per heavy atom. The van der Waals surface area contributed by atoms with Gasteiger partial charge in [0.1, 0.15) is 12.0 Å². The molecule has 0 atom stereocenters. The number of benzene rings is 1. The number of rotatable bonds is 4. The molecule has 0 heterocycles. The molecule has 0 bridgehead atoms. The van der Waals surface area contributed by atoms with Crippen LogP contribution in [0.1, 0.15) is 10.4 Å². The van der Waals surface area contributed by atoms with Gasteiger partial charge >= 0.3 is 12.1 Å². The summed E-state index contributed by atoms with van der Waals surface area (Å²) in [6.07, 6.45) is -5.14. The minimum Gasteiger partial charge on any atom is -0.487 e. The van der Waals surface area contributed by atoms with Crippen molar-refractivity contribution in [2.24, 2.45) is 0 Å². The van der Waals surface area contributed by atoms with Crippen molar-refractivity contribution < 1.29 is 31.5 Å². The van der Waals surface area contributed by atoms with E-state index in [2.05, 4.69) is 4.74 Å². The highest BCUT2D eigenvalue weighted by Gasteiger charge is 2.58. The number of hydrogen-bond acceptors (Lipinski definition) is 2. The summed E-state index contributed by atoms with van der Waals surface area (Å²) in [5.74, 6) is -5.07. The molecule has 0 unspecified atom stereocenters. The van der Waals surface area contributed by atoms with Gasteiger partial charge in [-0.25, -0.2) is 0 Å². The van der Waals surface area contributed by atoms with Crippen molar-refractivity contribution in [3.63, 3.8) is 0 Å². The van der Waals surface area contributed by atoms with E-state index in [-0.39, 0.29) is 11.3 Å². The van der Waals surface area contributed by atoms with Crippen LogP contribution in [0.5, 0.6) is 5.75 Å². The second-order valence-corrected chi connectivity index (χ2v) is 3.18. The molecule has 94 valence electrons. The third kappa shape index (κ3) is 3.40. The summed E-state index contributed by atoms with van der Waals surface area (Å²) in [5.41, 5.74) is 0.264. The first kappa shape index (κ1) is 13.4. The third-order valence-electron chi connectivity index (χ3n) is 1.85. The summed E-state index contributed by atoms with van der Waals surface area (Å²) in [4.78, 5) is 10.3. The lowest BCUT2D eigenvalue weighted by Gasteiger charge is -2.19. The van der Waals surface area contributed by atoms with E-state index in [0.29, 0.717) is 6.29 Å². The van der Waals surface area contributed by atoms with Gasteiger partial charge in [-0.05, 0) is 24.3 Å². The predicted molar refractivity (Wildman–Crippen MR) is 48.3 cm³/mol. The van der Waals surface area contributed by atoms with Crippen molar-refractivity contribution in [3.05, 3.63) is 29.8 Å². The zero-order valence-electron chi connectivity index (χ0n) is 8.30. The molecule has 0 aliphatic rings. The van der Waals surface area contributed by atoms with Gasteiger partial charge in [0.25, 0.3) is 0 Å². The van der Waals surface area contributed by atoms with Crippen molar-refractivity contribution in [1.82, 2.24) is 0 Å². The number of carbonyl (C=O) groups excluding carboxylic acids is 1. The van der Waals surface area contributed by atoms with Crippen molar-refractivity contribution in [1.29, 1.82) is 0 Å². The van der Waals surface area contributed by atoms with E-state index in [1.54, 1.807) is 0 Å². The molecule has 0 saturated heterocycles. The van der Waals surface area contributed by atoms with Crippen molar-refractivity contribution in [2.45, 2.75) is 12.1 Å². The van der Waals surface area contributed by atoms with Gasteiger partial charge in [0, 0.05) is 5.56 Å². The number of halogens is 5. The Bertz CT molecular complexity index is 383. The molecule has 17 heavy (non-hydrogen) atoms. The van der Waals surface area contributed by atoms with Gasteiger partial charge in [0.2, 0.25) is 0 Å². The van der Waals surface area contributed by atoms with Gasteiger partial charge in [-0.1, -0.05) is 0 Å². The molecule has 0 spiro atoms. The fraction of sp³-hybridized carbons (Fsp3) is 0.300. The lowest BCUT2D eigenvalue weighted by atomic mass is 10.2. The number of carbonyl (C=O) groups is 1. The molecule has 7 heteroatoms. The highest BCUT2D eigenvalue weighted by molar-refractivity contribution is 5.74. The molecule has 0 aromatic heterocycles. The monoisotopic (exact) mass is 254 g/mol. The Kier molecular flexibility index (Phi) is 3.69. The first-order valence-electron chi connectivity index (χ1n) is 4.39. The fourth-order valence-electron chi connectivity index (χ4n) is 0.898. The van der Waals surface area contributed by atoms with E-state index in [0.717, 1.165) is 12.1 Å². The molecular formula is C10H7F5O2. The second kappa shape index (κ2) is 4.68. The molecule has 1 aromatic rings. The normalized spacial score (nSPS) is 12.3. The van der Waals surface area contributed by atoms with Gasteiger partial charge in [-0.2, -0.15) is 22.0 Å². The van der Waals surface area contributed by atoms with Gasteiger partial charge in [-0.3, -0.25) is 4.79 Å². The molecule has 0 N–H and O–H groups in total. The van der Waals surface area contributed by atoms with Gasteiger partial charge in [0.05, 0.1) is 0 Å². The van der Waals surface area contributed by atoms with Crippen molar-refractivity contribution in [2.75, 3.05) is 6.61 Å². The van der Waals surface area contributed by atoms with Crippen LogP contribution in [0.3, 0.4) is 0 Å². The first-order chi connectivity index (χ1) is 7.76. The largest absolute Gasteiger partial charge is 0.487 e. The van der Waals surface area contributed by atoms with Crippen LogP contribution in [0.25, 0.3) is 0 Å². The zero-order chi connectivity index (χ0) is 13.1. The van der Waals surface area contributed by atoms with Crippen LogP contribution >= 0.6 is 0 Å². The minimum atomic E-state index is -5.64. The average Bonchev–Trinajstić information content (AvgIpc) is 2.25. The minimum absolute atomic E-state index is 0.167. The average molecular weight is 254 g/mol. The molecule has 1 rings (SSSR count). The molecule has 0 aliphatic heterocycles. The van der Waals surface area contributed by atoms with Gasteiger partial charge in [0.15, 0.2) is 6.61 Å². The predicted octanol–water partition coefficient (Wildman–Crippen LogP) is 3.08. The van der Waals surface area contributed by atoms with Crippen LogP contribution in [0.4, 0.5) is 22.0 Å². The summed E-state index contributed by atoms with van der Waals surface area (Å²) < 4.78 is 64.6. The third-order valence-corrected chi connectivity index (χ3v) is 1.85. The van der Waals surface area contributed by atoms with E-state index in [9.17, 15) is 26.7 Å². The zero-order valence-corrected chi connectivity index (χ0v) is 8.30. The highest BCUT2D eigenvalue weighted by atomic mass is 19.4. The molecule has 0 amide bonds. The topological polar surface area (TPSA) is 26.3 Å². The molecule has 2 nitrogen and oxygen atoms in total. The summed E-state index contributed by atoms with van der Waals surface area (Å²) >= 11 is 0. The lowest BCUT2D eigenvalue weighted by Crippen LogP contribution is -2.41. The Hall–Kier alpha value is -1.66. The van der Waals surface area contributed by atoms with Gasteiger partial charge < -0.3 is 4.74 Å². The highest BCUT2D eigenvalue weighted by Crippen LogP contribution is 2.35. The second-order valence-electron chi connectivity index (χ2n) is 3.18. The van der Waals surface area contributed by atoms with Gasteiger partial charge in [-0.15, -0.1) is 0 Å². The SMILES string of the molecule is O=Cc1ccc(OCC(F)(F)C(F)(F)F)cc1. The van der Waals surface area contributed by atoms with E-state index >= 15 is 0 Å². The lowest BCUT2D eigenvalue weighted by molar-refractivity contribution is -0.290. The van der Waals surface area contributed by atoms with Crippen LogP contribution in [0.15, 0.2) is 24.3 Å².